The first-order valence-corrected chi connectivity index (χ1v) is 9.04. The van der Waals surface area contributed by atoms with E-state index < -0.39 is 11.9 Å². The smallest absolute Gasteiger partial charge is 0.308 e. The lowest BCUT2D eigenvalue weighted by Crippen LogP contribution is -2.18. The summed E-state index contributed by atoms with van der Waals surface area (Å²) in [4.78, 5) is 22.9. The van der Waals surface area contributed by atoms with Gasteiger partial charge in [0.05, 0.1) is 0 Å². The van der Waals surface area contributed by atoms with Crippen LogP contribution in [0.1, 0.15) is 78.0 Å². The van der Waals surface area contributed by atoms with E-state index in [0.29, 0.717) is 12.2 Å². The van der Waals surface area contributed by atoms with Gasteiger partial charge in [-0.2, -0.15) is 0 Å². The van der Waals surface area contributed by atoms with Crippen molar-refractivity contribution in [3.05, 3.63) is 28.8 Å². The molecule has 5 nitrogen and oxygen atoms in total. The zero-order chi connectivity index (χ0) is 20.1. The van der Waals surface area contributed by atoms with Crippen molar-refractivity contribution < 1.29 is 24.2 Å². The van der Waals surface area contributed by atoms with Crippen LogP contribution in [0.15, 0.2) is 12.1 Å². The third-order valence-corrected chi connectivity index (χ3v) is 4.13. The summed E-state index contributed by atoms with van der Waals surface area (Å²) in [6.07, 6.45) is 0.921. The van der Waals surface area contributed by atoms with E-state index in [2.05, 4.69) is 41.5 Å². The number of benzene rings is 1. The largest absolute Gasteiger partial charge is 0.507 e. The Kier molecular flexibility index (Phi) is 7.25. The van der Waals surface area contributed by atoms with Gasteiger partial charge < -0.3 is 14.6 Å². The van der Waals surface area contributed by atoms with Crippen molar-refractivity contribution in [3.8, 4) is 5.75 Å². The summed E-state index contributed by atoms with van der Waals surface area (Å²) in [6, 6.07) is 3.91. The van der Waals surface area contributed by atoms with E-state index in [1.54, 1.807) is 6.92 Å². The summed E-state index contributed by atoms with van der Waals surface area (Å²) < 4.78 is 9.67. The maximum absolute atomic E-state index is 11.9. The summed E-state index contributed by atoms with van der Waals surface area (Å²) in [5.74, 6) is -0.500. The highest BCUT2D eigenvalue weighted by Crippen LogP contribution is 2.39. The number of phenolic OH excluding ortho intramolecular Hbond substituents is 1. The minimum atomic E-state index is -0.420. The van der Waals surface area contributed by atoms with Gasteiger partial charge in [-0.05, 0) is 33.9 Å². The van der Waals surface area contributed by atoms with E-state index in [1.165, 1.54) is 0 Å². The van der Waals surface area contributed by atoms with Crippen LogP contribution in [-0.4, -0.2) is 23.8 Å². The van der Waals surface area contributed by atoms with Crippen molar-refractivity contribution in [1.29, 1.82) is 0 Å². The summed E-state index contributed by atoms with van der Waals surface area (Å²) >= 11 is 0. The van der Waals surface area contributed by atoms with E-state index in [-0.39, 0.29) is 30.5 Å². The fourth-order valence-corrected chi connectivity index (χ4v) is 2.56. The standard InChI is InChI=1S/C21H32O5/c1-8-17(22)25-13-26-18(23)10-9-14-11-15(20(2,3)4)19(24)16(12-14)21(5,6)7/h11-12,24H,8-10,13H2,1-7H3. The highest BCUT2D eigenvalue weighted by molar-refractivity contribution is 5.71. The Morgan fingerprint density at radius 3 is 1.81 bits per heavy atom. The van der Waals surface area contributed by atoms with Gasteiger partial charge in [0.25, 0.3) is 0 Å². The Balaban J connectivity index is 2.90. The Morgan fingerprint density at radius 1 is 0.923 bits per heavy atom. The molecule has 1 aromatic rings. The lowest BCUT2D eigenvalue weighted by Gasteiger charge is -2.28. The normalized spacial score (nSPS) is 12.0. The van der Waals surface area contributed by atoms with Gasteiger partial charge in [0, 0.05) is 12.8 Å². The first-order chi connectivity index (χ1) is 11.9. The first-order valence-electron chi connectivity index (χ1n) is 9.04. The van der Waals surface area contributed by atoms with Gasteiger partial charge >= 0.3 is 11.9 Å². The van der Waals surface area contributed by atoms with E-state index in [4.69, 9.17) is 9.47 Å². The summed E-state index contributed by atoms with van der Waals surface area (Å²) in [6.45, 7) is 13.6. The van der Waals surface area contributed by atoms with Crippen molar-refractivity contribution in [2.75, 3.05) is 6.79 Å². The predicted octanol–water partition coefficient (Wildman–Crippen LogP) is 4.37. The molecule has 1 rings (SSSR count). The number of rotatable bonds is 6. The Hall–Kier alpha value is -2.04. The molecule has 146 valence electrons. The number of ether oxygens (including phenoxy) is 2. The van der Waals surface area contributed by atoms with Gasteiger partial charge in [-0.15, -0.1) is 0 Å². The molecule has 5 heteroatoms. The molecule has 0 atom stereocenters. The van der Waals surface area contributed by atoms with Crippen LogP contribution >= 0.6 is 0 Å². The molecule has 0 aliphatic heterocycles. The third-order valence-electron chi connectivity index (χ3n) is 4.13. The second-order valence-electron chi connectivity index (χ2n) is 8.54. The van der Waals surface area contributed by atoms with Crippen LogP contribution in [0.5, 0.6) is 5.75 Å². The van der Waals surface area contributed by atoms with Gasteiger partial charge in [0.1, 0.15) is 5.75 Å². The number of carbonyl (C=O) groups excluding carboxylic acids is 2. The quantitative estimate of drug-likeness (QED) is 0.599. The minimum Gasteiger partial charge on any atom is -0.507 e. The Labute approximate surface area is 156 Å². The van der Waals surface area contributed by atoms with Crippen LogP contribution in [0.4, 0.5) is 0 Å². The molecule has 0 aromatic heterocycles. The molecule has 0 aliphatic carbocycles. The molecule has 0 spiro atoms. The molecular formula is C21H32O5. The molecule has 0 saturated heterocycles. The lowest BCUT2D eigenvalue weighted by atomic mass is 9.78. The van der Waals surface area contributed by atoms with Gasteiger partial charge in [-0.3, -0.25) is 9.59 Å². The zero-order valence-corrected chi connectivity index (χ0v) is 17.1. The number of esters is 2. The monoisotopic (exact) mass is 364 g/mol. The maximum Gasteiger partial charge on any atom is 0.308 e. The number of hydrogen-bond acceptors (Lipinski definition) is 5. The number of aryl methyl sites for hydroxylation is 1. The van der Waals surface area contributed by atoms with Gasteiger partial charge in [0.15, 0.2) is 0 Å². The van der Waals surface area contributed by atoms with Crippen LogP contribution in [0.3, 0.4) is 0 Å². The van der Waals surface area contributed by atoms with Crippen LogP contribution < -0.4 is 0 Å². The fourth-order valence-electron chi connectivity index (χ4n) is 2.56. The molecule has 0 bridgehead atoms. The predicted molar refractivity (Wildman–Crippen MR) is 101 cm³/mol. The molecule has 1 N–H and O–H groups in total. The second-order valence-corrected chi connectivity index (χ2v) is 8.54. The highest BCUT2D eigenvalue weighted by Gasteiger charge is 2.26. The lowest BCUT2D eigenvalue weighted by molar-refractivity contribution is -0.166. The van der Waals surface area contributed by atoms with Gasteiger partial charge in [-0.25, -0.2) is 0 Å². The van der Waals surface area contributed by atoms with Crippen LogP contribution in [0.2, 0.25) is 0 Å². The van der Waals surface area contributed by atoms with E-state index in [0.717, 1.165) is 16.7 Å². The summed E-state index contributed by atoms with van der Waals surface area (Å²) in [5, 5.41) is 10.7. The Bertz CT molecular complexity index is 612. The minimum absolute atomic E-state index is 0.182. The Morgan fingerprint density at radius 2 is 1.38 bits per heavy atom. The molecule has 0 unspecified atom stereocenters. The molecule has 0 aliphatic rings. The number of carbonyl (C=O) groups is 2. The van der Waals surface area contributed by atoms with Crippen LogP contribution in [0, 0.1) is 0 Å². The van der Waals surface area contributed by atoms with Gasteiger partial charge in [-0.1, -0.05) is 60.6 Å². The molecule has 1 aromatic carbocycles. The molecule has 0 heterocycles. The first kappa shape index (κ1) is 22.0. The molecule has 26 heavy (non-hydrogen) atoms. The van der Waals surface area contributed by atoms with E-state index in [1.807, 2.05) is 12.1 Å². The fraction of sp³-hybridized carbons (Fsp3) is 0.619. The summed E-state index contributed by atoms with van der Waals surface area (Å²) in [5.41, 5.74) is 2.28. The van der Waals surface area contributed by atoms with Crippen molar-refractivity contribution in [2.24, 2.45) is 0 Å². The van der Waals surface area contributed by atoms with Crippen molar-refractivity contribution in [3.63, 3.8) is 0 Å². The number of hydrogen-bond donors (Lipinski definition) is 1. The average molecular weight is 364 g/mol. The zero-order valence-electron chi connectivity index (χ0n) is 17.1. The highest BCUT2D eigenvalue weighted by atomic mass is 16.7. The van der Waals surface area contributed by atoms with Gasteiger partial charge in [0.2, 0.25) is 6.79 Å². The van der Waals surface area contributed by atoms with Crippen molar-refractivity contribution in [2.45, 2.75) is 78.6 Å². The average Bonchev–Trinajstić information content (AvgIpc) is 2.51. The SMILES string of the molecule is CCC(=O)OCOC(=O)CCc1cc(C(C)(C)C)c(O)c(C(C)(C)C)c1. The maximum atomic E-state index is 11.9. The van der Waals surface area contributed by atoms with Crippen molar-refractivity contribution >= 4 is 11.9 Å². The second kappa shape index (κ2) is 8.56. The molecule has 0 amide bonds. The molecule has 0 fully saturated rings. The number of phenols is 1. The van der Waals surface area contributed by atoms with E-state index >= 15 is 0 Å². The summed E-state index contributed by atoms with van der Waals surface area (Å²) in [7, 11) is 0. The topological polar surface area (TPSA) is 72.8 Å². The van der Waals surface area contributed by atoms with E-state index in [9.17, 15) is 14.7 Å². The van der Waals surface area contributed by atoms with Crippen LogP contribution in [0.25, 0.3) is 0 Å². The molecule has 0 radical (unpaired) electrons. The third kappa shape index (κ3) is 6.36. The van der Waals surface area contributed by atoms with Crippen LogP contribution in [-0.2, 0) is 36.3 Å². The number of aromatic hydroxyl groups is 1. The molecular weight excluding hydrogens is 332 g/mol. The molecule has 0 saturated carbocycles. The van der Waals surface area contributed by atoms with Crippen molar-refractivity contribution in [1.82, 2.24) is 0 Å².